The average Bonchev–Trinajstić information content (AvgIpc) is 2.32. The standard InChI is InChI=1S/C13H18FNO3/c1-10-7-11(9-12(14)8-10)13(17)15-3-2-5-18-6-4-16/h7-9,16H,2-6H2,1H3,(H,15,17). The smallest absolute Gasteiger partial charge is 0.251 e. The highest BCUT2D eigenvalue weighted by Crippen LogP contribution is 2.08. The number of ether oxygens (including phenoxy) is 1. The van der Waals surface area contributed by atoms with Crippen molar-refractivity contribution >= 4 is 5.91 Å². The summed E-state index contributed by atoms with van der Waals surface area (Å²) in [7, 11) is 0. The van der Waals surface area contributed by atoms with Gasteiger partial charge in [0, 0.05) is 18.7 Å². The van der Waals surface area contributed by atoms with Crippen LogP contribution in [0.25, 0.3) is 0 Å². The number of carbonyl (C=O) groups is 1. The van der Waals surface area contributed by atoms with Crippen molar-refractivity contribution in [2.24, 2.45) is 0 Å². The van der Waals surface area contributed by atoms with Crippen LogP contribution in [0.4, 0.5) is 4.39 Å². The van der Waals surface area contributed by atoms with E-state index in [1.807, 2.05) is 0 Å². The summed E-state index contributed by atoms with van der Waals surface area (Å²) in [5, 5.41) is 11.2. The van der Waals surface area contributed by atoms with E-state index >= 15 is 0 Å². The summed E-state index contributed by atoms with van der Waals surface area (Å²) in [5.74, 6) is -0.703. The van der Waals surface area contributed by atoms with Gasteiger partial charge in [0.1, 0.15) is 5.82 Å². The highest BCUT2D eigenvalue weighted by molar-refractivity contribution is 5.94. The van der Waals surface area contributed by atoms with E-state index in [-0.39, 0.29) is 12.5 Å². The summed E-state index contributed by atoms with van der Waals surface area (Å²) in [6.45, 7) is 2.97. The number of nitrogens with one attached hydrogen (secondary N) is 1. The van der Waals surface area contributed by atoms with Crippen molar-refractivity contribution in [3.8, 4) is 0 Å². The lowest BCUT2D eigenvalue weighted by molar-refractivity contribution is 0.0867. The van der Waals surface area contributed by atoms with Crippen molar-refractivity contribution in [3.63, 3.8) is 0 Å². The molecule has 0 saturated heterocycles. The Kier molecular flexibility index (Phi) is 6.32. The van der Waals surface area contributed by atoms with E-state index < -0.39 is 5.82 Å². The Bertz CT molecular complexity index is 376. The minimum absolute atomic E-state index is 0.00503. The second kappa shape index (κ2) is 7.79. The molecule has 5 heteroatoms. The molecule has 0 atom stereocenters. The molecule has 0 saturated carbocycles. The minimum Gasteiger partial charge on any atom is -0.394 e. The van der Waals surface area contributed by atoms with Crippen LogP contribution < -0.4 is 5.32 Å². The number of hydrogen-bond acceptors (Lipinski definition) is 3. The second-order valence-corrected chi connectivity index (χ2v) is 3.96. The number of halogens is 1. The van der Waals surface area contributed by atoms with E-state index in [4.69, 9.17) is 9.84 Å². The number of aryl methyl sites for hydroxylation is 1. The Morgan fingerprint density at radius 1 is 1.39 bits per heavy atom. The summed E-state index contributed by atoms with van der Waals surface area (Å²) in [6.07, 6.45) is 0.653. The first-order chi connectivity index (χ1) is 8.63. The summed E-state index contributed by atoms with van der Waals surface area (Å²) in [5.41, 5.74) is 1.04. The van der Waals surface area contributed by atoms with Crippen LogP contribution in [0, 0.1) is 12.7 Å². The molecule has 100 valence electrons. The molecule has 4 nitrogen and oxygen atoms in total. The molecule has 0 aromatic heterocycles. The van der Waals surface area contributed by atoms with E-state index in [0.29, 0.717) is 37.3 Å². The quantitative estimate of drug-likeness (QED) is 0.721. The zero-order valence-electron chi connectivity index (χ0n) is 10.4. The number of aliphatic hydroxyl groups is 1. The van der Waals surface area contributed by atoms with Crippen LogP contribution >= 0.6 is 0 Å². The van der Waals surface area contributed by atoms with Gasteiger partial charge in [-0.25, -0.2) is 4.39 Å². The van der Waals surface area contributed by atoms with Crippen LogP contribution in [0.3, 0.4) is 0 Å². The van der Waals surface area contributed by atoms with Crippen LogP contribution in [-0.4, -0.2) is 37.4 Å². The van der Waals surface area contributed by atoms with Gasteiger partial charge in [0.15, 0.2) is 0 Å². The average molecular weight is 255 g/mol. The largest absolute Gasteiger partial charge is 0.394 e. The maximum atomic E-state index is 13.1. The molecule has 1 aromatic rings. The molecular weight excluding hydrogens is 237 g/mol. The van der Waals surface area contributed by atoms with Gasteiger partial charge >= 0.3 is 0 Å². The molecule has 0 aliphatic carbocycles. The Labute approximate surface area is 106 Å². The molecule has 0 spiro atoms. The molecule has 0 unspecified atom stereocenters. The van der Waals surface area contributed by atoms with Crippen molar-refractivity contribution in [3.05, 3.63) is 35.1 Å². The lowest BCUT2D eigenvalue weighted by Crippen LogP contribution is -2.25. The van der Waals surface area contributed by atoms with E-state index in [1.54, 1.807) is 13.0 Å². The predicted molar refractivity (Wildman–Crippen MR) is 66.0 cm³/mol. The van der Waals surface area contributed by atoms with Crippen LogP contribution in [0.5, 0.6) is 0 Å². The fourth-order valence-corrected chi connectivity index (χ4v) is 1.51. The fraction of sp³-hybridized carbons (Fsp3) is 0.462. The number of benzene rings is 1. The fourth-order valence-electron chi connectivity index (χ4n) is 1.51. The highest BCUT2D eigenvalue weighted by atomic mass is 19.1. The van der Waals surface area contributed by atoms with E-state index in [0.717, 1.165) is 0 Å². The minimum atomic E-state index is -0.411. The molecule has 0 fully saturated rings. The van der Waals surface area contributed by atoms with E-state index in [9.17, 15) is 9.18 Å². The van der Waals surface area contributed by atoms with E-state index in [1.165, 1.54) is 12.1 Å². The third-order valence-corrected chi connectivity index (χ3v) is 2.29. The van der Waals surface area contributed by atoms with Crippen LogP contribution in [0.1, 0.15) is 22.3 Å². The van der Waals surface area contributed by atoms with Crippen LogP contribution in [0.2, 0.25) is 0 Å². The van der Waals surface area contributed by atoms with Crippen molar-refractivity contribution in [1.29, 1.82) is 0 Å². The first-order valence-electron chi connectivity index (χ1n) is 5.87. The number of aliphatic hydroxyl groups excluding tert-OH is 1. The lowest BCUT2D eigenvalue weighted by atomic mass is 10.1. The van der Waals surface area contributed by atoms with Gasteiger partial charge in [0.2, 0.25) is 0 Å². The zero-order valence-corrected chi connectivity index (χ0v) is 10.4. The van der Waals surface area contributed by atoms with Crippen LogP contribution in [-0.2, 0) is 4.74 Å². The third kappa shape index (κ3) is 5.25. The molecule has 1 amide bonds. The number of hydrogen-bond donors (Lipinski definition) is 2. The predicted octanol–water partition coefficient (Wildman–Crippen LogP) is 1.26. The molecule has 0 bridgehead atoms. The summed E-state index contributed by atoms with van der Waals surface area (Å²) in [4.78, 5) is 11.7. The summed E-state index contributed by atoms with van der Waals surface area (Å²) in [6, 6.07) is 4.23. The summed E-state index contributed by atoms with van der Waals surface area (Å²) < 4.78 is 18.1. The Hall–Kier alpha value is -1.46. The monoisotopic (exact) mass is 255 g/mol. The molecule has 0 aliphatic rings. The van der Waals surface area contributed by atoms with Gasteiger partial charge in [-0.2, -0.15) is 0 Å². The normalized spacial score (nSPS) is 10.4. The molecule has 1 aromatic carbocycles. The number of amides is 1. The SMILES string of the molecule is Cc1cc(F)cc(C(=O)NCCCOCCO)c1. The van der Waals surface area contributed by atoms with Gasteiger partial charge in [-0.1, -0.05) is 0 Å². The molecular formula is C13H18FNO3. The van der Waals surface area contributed by atoms with Crippen molar-refractivity contribution in [2.75, 3.05) is 26.4 Å². The molecule has 1 rings (SSSR count). The van der Waals surface area contributed by atoms with Gasteiger partial charge in [-0.15, -0.1) is 0 Å². The molecule has 18 heavy (non-hydrogen) atoms. The lowest BCUT2D eigenvalue weighted by Gasteiger charge is -2.06. The maximum absolute atomic E-state index is 13.1. The Balaban J connectivity index is 2.32. The molecule has 0 aliphatic heterocycles. The number of rotatable bonds is 7. The van der Waals surface area contributed by atoms with Gasteiger partial charge in [0.05, 0.1) is 13.2 Å². The highest BCUT2D eigenvalue weighted by Gasteiger charge is 2.06. The topological polar surface area (TPSA) is 58.6 Å². The van der Waals surface area contributed by atoms with E-state index in [2.05, 4.69) is 5.32 Å². The number of carbonyl (C=O) groups excluding carboxylic acids is 1. The van der Waals surface area contributed by atoms with Crippen molar-refractivity contribution < 1.29 is 19.0 Å². The van der Waals surface area contributed by atoms with Crippen molar-refractivity contribution in [1.82, 2.24) is 5.32 Å². The molecule has 0 heterocycles. The van der Waals surface area contributed by atoms with Gasteiger partial charge in [-0.05, 0) is 37.1 Å². The Morgan fingerprint density at radius 3 is 2.83 bits per heavy atom. The van der Waals surface area contributed by atoms with Crippen molar-refractivity contribution in [2.45, 2.75) is 13.3 Å². The second-order valence-electron chi connectivity index (χ2n) is 3.96. The third-order valence-electron chi connectivity index (χ3n) is 2.29. The first-order valence-corrected chi connectivity index (χ1v) is 5.87. The first kappa shape index (κ1) is 14.6. The van der Waals surface area contributed by atoms with Gasteiger partial charge in [0.25, 0.3) is 5.91 Å². The maximum Gasteiger partial charge on any atom is 0.251 e. The van der Waals surface area contributed by atoms with Gasteiger partial charge < -0.3 is 15.2 Å². The zero-order chi connectivity index (χ0) is 13.4. The van der Waals surface area contributed by atoms with Crippen LogP contribution in [0.15, 0.2) is 18.2 Å². The molecule has 2 N–H and O–H groups in total. The van der Waals surface area contributed by atoms with Gasteiger partial charge in [-0.3, -0.25) is 4.79 Å². The summed E-state index contributed by atoms with van der Waals surface area (Å²) >= 11 is 0. The molecule has 0 radical (unpaired) electrons. The Morgan fingerprint density at radius 2 is 2.17 bits per heavy atom.